The average Bonchev–Trinajstić information content (AvgIpc) is 2.86. The highest BCUT2D eigenvalue weighted by Crippen LogP contribution is 2.39. The third-order valence-corrected chi connectivity index (χ3v) is 4.83. The zero-order valence-electron chi connectivity index (χ0n) is 10.8. The van der Waals surface area contributed by atoms with Crippen LogP contribution in [0.4, 0.5) is 0 Å². The minimum absolute atomic E-state index is 0.822. The Morgan fingerprint density at radius 3 is 2.45 bits per heavy atom. The minimum Gasteiger partial charge on any atom is -0.135 e. The van der Waals surface area contributed by atoms with Gasteiger partial charge in [-0.15, -0.1) is 11.3 Å². The molecule has 0 unspecified atom stereocenters. The molecule has 0 aliphatic heterocycles. The molecule has 0 aliphatic carbocycles. The first-order chi connectivity index (χ1) is 9.83. The molecule has 0 aliphatic rings. The number of hydrogen-bond acceptors (Lipinski definition) is 1. The maximum absolute atomic E-state index is 5.93. The highest BCUT2D eigenvalue weighted by molar-refractivity contribution is 7.26. The van der Waals surface area contributed by atoms with Gasteiger partial charge in [-0.05, 0) is 22.6 Å². The fraction of sp³-hybridized carbons (Fsp3) is 0. The van der Waals surface area contributed by atoms with E-state index in [-0.39, 0.29) is 0 Å². The van der Waals surface area contributed by atoms with Crippen LogP contribution >= 0.6 is 11.3 Å². The van der Waals surface area contributed by atoms with Crippen molar-refractivity contribution >= 4 is 44.8 Å². The highest BCUT2D eigenvalue weighted by atomic mass is 32.1. The quantitative estimate of drug-likeness (QED) is 0.446. The number of thiophene rings is 1. The second-order valence-electron chi connectivity index (χ2n) is 4.91. The SMILES string of the molecule is [B]c1ccc2sc3c(-c4ccccc4)cccc3c2c1. The molecule has 1 aromatic heterocycles. The second-order valence-corrected chi connectivity index (χ2v) is 5.96. The monoisotopic (exact) mass is 270 g/mol. The molecular weight excluding hydrogens is 259 g/mol. The molecule has 1 heterocycles. The fourth-order valence-corrected chi connectivity index (χ4v) is 3.88. The van der Waals surface area contributed by atoms with Crippen LogP contribution in [0.15, 0.2) is 66.7 Å². The van der Waals surface area contributed by atoms with Crippen LogP contribution in [-0.2, 0) is 0 Å². The first-order valence-electron chi connectivity index (χ1n) is 6.59. The lowest BCUT2D eigenvalue weighted by molar-refractivity contribution is 1.67. The minimum atomic E-state index is 0.822. The van der Waals surface area contributed by atoms with Crippen LogP contribution in [0.2, 0.25) is 0 Å². The molecule has 0 fully saturated rings. The van der Waals surface area contributed by atoms with Gasteiger partial charge in [0.25, 0.3) is 0 Å². The van der Waals surface area contributed by atoms with Crippen molar-refractivity contribution in [1.82, 2.24) is 0 Å². The molecular formula is C18H11BS. The highest BCUT2D eigenvalue weighted by Gasteiger charge is 2.09. The third-order valence-electron chi connectivity index (χ3n) is 3.61. The lowest BCUT2D eigenvalue weighted by Crippen LogP contribution is -1.98. The van der Waals surface area contributed by atoms with Crippen molar-refractivity contribution in [1.29, 1.82) is 0 Å². The summed E-state index contributed by atoms with van der Waals surface area (Å²) in [5.74, 6) is 0. The summed E-state index contributed by atoms with van der Waals surface area (Å²) in [5, 5.41) is 2.54. The van der Waals surface area contributed by atoms with E-state index in [2.05, 4.69) is 60.7 Å². The van der Waals surface area contributed by atoms with Crippen molar-refractivity contribution < 1.29 is 0 Å². The molecule has 20 heavy (non-hydrogen) atoms. The zero-order chi connectivity index (χ0) is 13.5. The smallest absolute Gasteiger partial charge is 0.113 e. The second kappa shape index (κ2) is 4.50. The molecule has 0 bridgehead atoms. The van der Waals surface area contributed by atoms with Crippen molar-refractivity contribution in [3.63, 3.8) is 0 Å². The van der Waals surface area contributed by atoms with E-state index in [4.69, 9.17) is 7.85 Å². The molecule has 0 saturated heterocycles. The molecule has 92 valence electrons. The molecule has 0 atom stereocenters. The van der Waals surface area contributed by atoms with Gasteiger partial charge in [-0.3, -0.25) is 0 Å². The van der Waals surface area contributed by atoms with Gasteiger partial charge in [0.2, 0.25) is 0 Å². The van der Waals surface area contributed by atoms with Gasteiger partial charge in [0.15, 0.2) is 0 Å². The maximum Gasteiger partial charge on any atom is 0.113 e. The van der Waals surface area contributed by atoms with Crippen molar-refractivity contribution in [3.8, 4) is 11.1 Å². The summed E-state index contributed by atoms with van der Waals surface area (Å²) in [6.07, 6.45) is 0. The van der Waals surface area contributed by atoms with E-state index in [1.54, 1.807) is 0 Å². The number of benzene rings is 3. The normalized spacial score (nSPS) is 11.2. The lowest BCUT2D eigenvalue weighted by atomic mass is 9.94. The van der Waals surface area contributed by atoms with Crippen LogP contribution in [0.1, 0.15) is 0 Å². The number of rotatable bonds is 1. The van der Waals surface area contributed by atoms with Crippen molar-refractivity contribution in [3.05, 3.63) is 66.7 Å². The number of fused-ring (bicyclic) bond motifs is 3. The van der Waals surface area contributed by atoms with Crippen molar-refractivity contribution in [2.24, 2.45) is 0 Å². The summed E-state index contributed by atoms with van der Waals surface area (Å²) >= 11 is 1.84. The van der Waals surface area contributed by atoms with Gasteiger partial charge >= 0.3 is 0 Å². The van der Waals surface area contributed by atoms with Gasteiger partial charge in [-0.1, -0.05) is 66.1 Å². The Morgan fingerprint density at radius 2 is 1.60 bits per heavy atom. The van der Waals surface area contributed by atoms with Gasteiger partial charge in [0, 0.05) is 14.8 Å². The summed E-state index contributed by atoms with van der Waals surface area (Å²) in [6, 6.07) is 23.2. The van der Waals surface area contributed by atoms with Crippen LogP contribution in [-0.4, -0.2) is 7.85 Å². The molecule has 0 nitrogen and oxygen atoms in total. The van der Waals surface area contributed by atoms with Crippen LogP contribution in [0, 0.1) is 0 Å². The Hall–Kier alpha value is -2.06. The zero-order valence-corrected chi connectivity index (χ0v) is 11.7. The summed E-state index contributed by atoms with van der Waals surface area (Å²) < 4.78 is 2.62. The predicted molar refractivity (Wildman–Crippen MR) is 90.2 cm³/mol. The van der Waals surface area contributed by atoms with Crippen molar-refractivity contribution in [2.45, 2.75) is 0 Å². The van der Waals surface area contributed by atoms with E-state index >= 15 is 0 Å². The topological polar surface area (TPSA) is 0 Å². The molecule has 2 radical (unpaired) electrons. The fourth-order valence-electron chi connectivity index (χ4n) is 2.66. The van der Waals surface area contributed by atoms with E-state index in [1.165, 1.54) is 31.3 Å². The molecule has 0 saturated carbocycles. The van der Waals surface area contributed by atoms with Crippen LogP contribution < -0.4 is 5.46 Å². The molecule has 4 aromatic rings. The lowest BCUT2D eigenvalue weighted by Gasteiger charge is -2.02. The molecule has 0 N–H and O–H groups in total. The Kier molecular flexibility index (Phi) is 2.64. The van der Waals surface area contributed by atoms with E-state index in [1.807, 2.05) is 17.4 Å². The Bertz CT molecular complexity index is 907. The average molecular weight is 270 g/mol. The first-order valence-corrected chi connectivity index (χ1v) is 7.41. The standard InChI is InChI=1S/C18H11BS/c19-13-9-10-17-16(11-13)15-8-4-7-14(18(15)20-17)12-5-2-1-3-6-12/h1-11H. The summed E-state index contributed by atoms with van der Waals surface area (Å²) in [7, 11) is 5.93. The van der Waals surface area contributed by atoms with Gasteiger partial charge in [-0.25, -0.2) is 0 Å². The van der Waals surface area contributed by atoms with Crippen molar-refractivity contribution in [2.75, 3.05) is 0 Å². The Balaban J connectivity index is 2.11. The van der Waals surface area contributed by atoms with Gasteiger partial charge in [-0.2, -0.15) is 0 Å². The van der Waals surface area contributed by atoms with Crippen LogP contribution in [0.3, 0.4) is 0 Å². The van der Waals surface area contributed by atoms with E-state index < -0.39 is 0 Å². The molecule has 0 amide bonds. The molecule has 0 spiro atoms. The summed E-state index contributed by atoms with van der Waals surface area (Å²) in [5.41, 5.74) is 3.38. The van der Waals surface area contributed by atoms with Gasteiger partial charge in [0.05, 0.1) is 0 Å². The third kappa shape index (κ3) is 1.76. The number of hydrogen-bond donors (Lipinski definition) is 0. The molecule has 4 rings (SSSR count). The van der Waals surface area contributed by atoms with E-state index in [9.17, 15) is 0 Å². The van der Waals surface area contributed by atoms with Gasteiger partial charge < -0.3 is 0 Å². The predicted octanol–water partition coefficient (Wildman–Crippen LogP) is 4.52. The van der Waals surface area contributed by atoms with Gasteiger partial charge in [0.1, 0.15) is 7.85 Å². The molecule has 2 heteroatoms. The largest absolute Gasteiger partial charge is 0.135 e. The Morgan fingerprint density at radius 1 is 0.750 bits per heavy atom. The summed E-state index contributed by atoms with van der Waals surface area (Å²) in [6.45, 7) is 0. The maximum atomic E-state index is 5.93. The molecule has 3 aromatic carbocycles. The van der Waals surface area contributed by atoms with Crippen LogP contribution in [0.5, 0.6) is 0 Å². The van der Waals surface area contributed by atoms with E-state index in [0.717, 1.165) is 5.46 Å². The van der Waals surface area contributed by atoms with E-state index in [0.29, 0.717) is 0 Å². The Labute approximate surface area is 123 Å². The summed E-state index contributed by atoms with van der Waals surface area (Å²) in [4.78, 5) is 0. The van der Waals surface area contributed by atoms with Crippen LogP contribution in [0.25, 0.3) is 31.3 Å². The first kappa shape index (κ1) is 11.7.